The fourth-order valence-electron chi connectivity index (χ4n) is 2.78. The minimum atomic E-state index is -1.43. The predicted octanol–water partition coefficient (Wildman–Crippen LogP) is -0.575. The summed E-state index contributed by atoms with van der Waals surface area (Å²) in [6.07, 6.45) is 1.21. The Balaban J connectivity index is 2.44. The molecule has 0 aromatic rings. The lowest BCUT2D eigenvalue weighted by Gasteiger charge is -2.46. The molecule has 20 heavy (non-hydrogen) atoms. The summed E-state index contributed by atoms with van der Waals surface area (Å²) in [6, 6.07) is -0.737. The molecule has 0 aliphatic carbocycles. The maximum atomic E-state index is 9.96. The van der Waals surface area contributed by atoms with E-state index in [1.807, 2.05) is 0 Å². The number of unbranched alkanes of at least 4 members (excludes halogenated alkanes) is 5. The summed E-state index contributed by atoms with van der Waals surface area (Å²) in [4.78, 5) is 1.49. The third-order valence-corrected chi connectivity index (χ3v) is 4.12. The second-order valence-electron chi connectivity index (χ2n) is 5.64. The Morgan fingerprint density at radius 3 is 2.00 bits per heavy atom. The Kier molecular flexibility index (Phi) is 7.94. The third kappa shape index (κ3) is 4.38. The van der Waals surface area contributed by atoms with Crippen molar-refractivity contribution in [1.29, 1.82) is 0 Å². The van der Waals surface area contributed by atoms with Crippen LogP contribution < -0.4 is 0 Å². The molecule has 0 bridgehead atoms. The summed E-state index contributed by atoms with van der Waals surface area (Å²) in [5, 5.41) is 48.4. The highest BCUT2D eigenvalue weighted by Gasteiger charge is 2.46. The highest BCUT2D eigenvalue weighted by molar-refractivity contribution is 4.96. The van der Waals surface area contributed by atoms with E-state index < -0.39 is 30.6 Å². The molecule has 0 spiro atoms. The summed E-state index contributed by atoms with van der Waals surface area (Å²) in [6.45, 7) is 2.28. The third-order valence-electron chi connectivity index (χ3n) is 4.12. The first-order chi connectivity index (χ1) is 9.54. The Morgan fingerprint density at radius 2 is 1.40 bits per heavy atom. The van der Waals surface area contributed by atoms with Crippen LogP contribution >= 0.6 is 0 Å². The monoisotopic (exact) mass is 291 g/mol. The fourth-order valence-corrected chi connectivity index (χ4v) is 2.78. The molecular formula is C14H29NO5. The number of likely N-dealkylation sites (tertiary alicyclic amines) is 1. The van der Waals surface area contributed by atoms with Gasteiger partial charge < -0.3 is 25.5 Å². The van der Waals surface area contributed by atoms with Crippen LogP contribution in [0.15, 0.2) is 0 Å². The van der Waals surface area contributed by atoms with Gasteiger partial charge in [0.05, 0.1) is 12.6 Å². The van der Waals surface area contributed by atoms with E-state index in [0.29, 0.717) is 6.54 Å². The van der Waals surface area contributed by atoms with E-state index in [2.05, 4.69) is 6.92 Å². The Morgan fingerprint density at radius 1 is 0.800 bits per heavy atom. The van der Waals surface area contributed by atoms with E-state index in [1.165, 1.54) is 24.2 Å². The van der Waals surface area contributed by atoms with Crippen LogP contribution in [-0.4, -0.2) is 74.2 Å². The molecule has 1 heterocycles. The van der Waals surface area contributed by atoms with E-state index in [1.54, 1.807) is 0 Å². The Bertz CT molecular complexity index is 266. The molecule has 120 valence electrons. The molecule has 5 atom stereocenters. The molecule has 1 aliphatic rings. The zero-order valence-corrected chi connectivity index (χ0v) is 12.2. The number of hydrogen-bond acceptors (Lipinski definition) is 6. The first-order valence-electron chi connectivity index (χ1n) is 7.63. The summed E-state index contributed by atoms with van der Waals surface area (Å²) in [5.41, 5.74) is 0. The van der Waals surface area contributed by atoms with Crippen LogP contribution in [0, 0.1) is 0 Å². The first kappa shape index (κ1) is 17.8. The first-order valence-corrected chi connectivity index (χ1v) is 7.63. The van der Waals surface area contributed by atoms with Gasteiger partial charge in [-0.1, -0.05) is 39.0 Å². The lowest BCUT2D eigenvalue weighted by Crippen LogP contribution is -2.67. The minimum absolute atomic E-state index is 0.363. The van der Waals surface area contributed by atoms with Crippen molar-refractivity contribution in [2.45, 2.75) is 76.0 Å². The van der Waals surface area contributed by atoms with E-state index in [-0.39, 0.29) is 6.61 Å². The normalized spacial score (nSPS) is 35.4. The second-order valence-corrected chi connectivity index (χ2v) is 5.64. The van der Waals surface area contributed by atoms with Crippen molar-refractivity contribution in [2.75, 3.05) is 13.2 Å². The van der Waals surface area contributed by atoms with Crippen molar-refractivity contribution in [3.63, 3.8) is 0 Å². The second kappa shape index (κ2) is 8.92. The number of hydrogen-bond donors (Lipinski definition) is 5. The number of rotatable bonds is 8. The van der Waals surface area contributed by atoms with Crippen molar-refractivity contribution in [3.8, 4) is 0 Å². The highest BCUT2D eigenvalue weighted by Crippen LogP contribution is 2.23. The van der Waals surface area contributed by atoms with Gasteiger partial charge in [-0.25, -0.2) is 0 Å². The molecule has 5 N–H and O–H groups in total. The van der Waals surface area contributed by atoms with Crippen LogP contribution in [0.3, 0.4) is 0 Å². The standard InChI is InChI=1S/C14H29NO5/c1-2-3-4-5-6-7-8-15-10(9-16)11(17)12(18)13(19)14(15)20/h10-14,16-20H,2-9H2,1H3/t10-,11-,12+,13-,14?/m1/s1. The number of nitrogens with zero attached hydrogens (tertiary/aromatic N) is 1. The SMILES string of the molecule is CCCCCCCCN1C(O)[C@H](O)[C@@H](O)[C@H](O)[C@H]1CO. The average molecular weight is 291 g/mol. The molecule has 6 nitrogen and oxygen atoms in total. The van der Waals surface area contributed by atoms with Crippen molar-refractivity contribution in [3.05, 3.63) is 0 Å². The highest BCUT2D eigenvalue weighted by atomic mass is 16.4. The van der Waals surface area contributed by atoms with E-state index in [4.69, 9.17) is 0 Å². The molecule has 1 saturated heterocycles. The van der Waals surface area contributed by atoms with Gasteiger partial charge >= 0.3 is 0 Å². The fraction of sp³-hybridized carbons (Fsp3) is 1.00. The van der Waals surface area contributed by atoms with Crippen molar-refractivity contribution >= 4 is 0 Å². The maximum absolute atomic E-state index is 9.96. The van der Waals surface area contributed by atoms with Crippen molar-refractivity contribution in [2.24, 2.45) is 0 Å². The molecule has 0 radical (unpaired) electrons. The van der Waals surface area contributed by atoms with Crippen LogP contribution in [0.4, 0.5) is 0 Å². The molecule has 1 fully saturated rings. The molecule has 1 unspecified atom stereocenters. The van der Waals surface area contributed by atoms with Crippen LogP contribution in [0.2, 0.25) is 0 Å². The molecule has 6 heteroatoms. The van der Waals surface area contributed by atoms with Crippen LogP contribution in [0.1, 0.15) is 45.4 Å². The topological polar surface area (TPSA) is 104 Å². The number of piperidine rings is 1. The van der Waals surface area contributed by atoms with Crippen molar-refractivity contribution < 1.29 is 25.5 Å². The van der Waals surface area contributed by atoms with Gasteiger partial charge in [-0.05, 0) is 6.42 Å². The number of aliphatic hydroxyl groups excluding tert-OH is 5. The van der Waals surface area contributed by atoms with Gasteiger partial charge in [0.2, 0.25) is 0 Å². The van der Waals surface area contributed by atoms with E-state index >= 15 is 0 Å². The molecule has 0 aromatic heterocycles. The number of aliphatic hydroxyl groups is 5. The molecule has 0 amide bonds. The van der Waals surface area contributed by atoms with Crippen molar-refractivity contribution in [1.82, 2.24) is 4.90 Å². The lowest BCUT2D eigenvalue weighted by molar-refractivity contribution is -0.222. The van der Waals surface area contributed by atoms with Gasteiger partial charge in [0.25, 0.3) is 0 Å². The van der Waals surface area contributed by atoms with Gasteiger partial charge in [-0.2, -0.15) is 0 Å². The van der Waals surface area contributed by atoms with E-state index in [0.717, 1.165) is 19.3 Å². The largest absolute Gasteiger partial charge is 0.395 e. The van der Waals surface area contributed by atoms with E-state index in [9.17, 15) is 25.5 Å². The maximum Gasteiger partial charge on any atom is 0.136 e. The van der Waals surface area contributed by atoms with Crippen LogP contribution in [-0.2, 0) is 0 Å². The van der Waals surface area contributed by atoms with Crippen LogP contribution in [0.25, 0.3) is 0 Å². The smallest absolute Gasteiger partial charge is 0.136 e. The minimum Gasteiger partial charge on any atom is -0.395 e. The average Bonchev–Trinajstić information content (AvgIpc) is 2.45. The summed E-state index contributed by atoms with van der Waals surface area (Å²) in [7, 11) is 0. The zero-order chi connectivity index (χ0) is 15.1. The predicted molar refractivity (Wildman–Crippen MR) is 75.0 cm³/mol. The quantitative estimate of drug-likeness (QED) is 0.384. The Hall–Kier alpha value is -0.240. The van der Waals surface area contributed by atoms with Gasteiger partial charge in [0.15, 0.2) is 0 Å². The molecule has 1 aliphatic heterocycles. The van der Waals surface area contributed by atoms with Crippen LogP contribution in [0.5, 0.6) is 0 Å². The zero-order valence-electron chi connectivity index (χ0n) is 12.2. The summed E-state index contributed by atoms with van der Waals surface area (Å²) in [5.74, 6) is 0. The Labute approximate surface area is 120 Å². The van der Waals surface area contributed by atoms with Gasteiger partial charge in [-0.3, -0.25) is 4.90 Å². The molecule has 1 rings (SSSR count). The molecule has 0 saturated carbocycles. The van der Waals surface area contributed by atoms with Gasteiger partial charge in [0.1, 0.15) is 24.5 Å². The molecular weight excluding hydrogens is 262 g/mol. The van der Waals surface area contributed by atoms with Gasteiger partial charge in [0, 0.05) is 6.54 Å². The molecule has 0 aromatic carbocycles. The van der Waals surface area contributed by atoms with Gasteiger partial charge in [-0.15, -0.1) is 0 Å². The lowest BCUT2D eigenvalue weighted by atomic mass is 9.92. The summed E-state index contributed by atoms with van der Waals surface area (Å²) >= 11 is 0. The summed E-state index contributed by atoms with van der Waals surface area (Å²) < 4.78 is 0.